The normalized spacial score (nSPS) is 22.7. The van der Waals surface area contributed by atoms with Gasteiger partial charge in [0.05, 0.1) is 5.56 Å². The zero-order valence-corrected chi connectivity index (χ0v) is 11.1. The van der Waals surface area contributed by atoms with Crippen LogP contribution in [-0.2, 0) is 0 Å². The third kappa shape index (κ3) is 2.25. The molecule has 6 nitrogen and oxygen atoms in total. The number of carboxylic acid groups (broad SMARTS) is 1. The molecule has 1 aliphatic heterocycles. The van der Waals surface area contributed by atoms with Crippen molar-refractivity contribution < 1.29 is 14.7 Å². The Morgan fingerprint density at radius 3 is 2.74 bits per heavy atom. The Balaban J connectivity index is 2.54. The van der Waals surface area contributed by atoms with Crippen LogP contribution in [0.5, 0.6) is 0 Å². The smallest absolute Gasteiger partial charge is 0.383 e. The van der Waals surface area contributed by atoms with Crippen molar-refractivity contribution in [3.63, 3.8) is 0 Å². The molecular formula is C13H16N3O3+. The molecule has 0 radical (unpaired) electrons. The van der Waals surface area contributed by atoms with E-state index in [1.54, 1.807) is 0 Å². The third-order valence-electron chi connectivity index (χ3n) is 3.55. The van der Waals surface area contributed by atoms with Crippen LogP contribution in [0.25, 0.3) is 0 Å². The van der Waals surface area contributed by atoms with E-state index < -0.39 is 11.5 Å². The number of hydrogen-bond donors (Lipinski definition) is 1. The Bertz CT molecular complexity index is 580. The van der Waals surface area contributed by atoms with Crippen molar-refractivity contribution in [2.24, 2.45) is 10.9 Å². The molecule has 0 amide bonds. The molecule has 2 heterocycles. The second-order valence-electron chi connectivity index (χ2n) is 5.19. The summed E-state index contributed by atoms with van der Waals surface area (Å²) in [6, 6.07) is 2.95. The van der Waals surface area contributed by atoms with Crippen LogP contribution in [0.1, 0.15) is 36.8 Å². The van der Waals surface area contributed by atoms with Crippen molar-refractivity contribution in [3.05, 3.63) is 34.5 Å². The van der Waals surface area contributed by atoms with Gasteiger partial charge in [-0.05, 0) is 23.8 Å². The van der Waals surface area contributed by atoms with Crippen molar-refractivity contribution in [3.8, 4) is 0 Å². The molecule has 19 heavy (non-hydrogen) atoms. The van der Waals surface area contributed by atoms with Gasteiger partial charge in [-0.2, -0.15) is 0 Å². The summed E-state index contributed by atoms with van der Waals surface area (Å²) in [7, 11) is 0. The standard InChI is InChI=1S/C13H15N3O3/c1-8(2)13(3)7-16(19)11(15-13)10-9(12(17)18)5-4-6-14-10/h4-6,8H,7H2,1-3H3/p+1. The van der Waals surface area contributed by atoms with E-state index in [1.807, 2.05) is 20.8 Å². The minimum Gasteiger partial charge on any atom is -0.478 e. The van der Waals surface area contributed by atoms with Gasteiger partial charge in [-0.3, -0.25) is 0 Å². The second-order valence-corrected chi connectivity index (χ2v) is 5.19. The van der Waals surface area contributed by atoms with Gasteiger partial charge in [0.2, 0.25) is 0 Å². The number of amidine groups is 1. The van der Waals surface area contributed by atoms with Crippen LogP contribution in [-0.4, -0.2) is 38.7 Å². The van der Waals surface area contributed by atoms with Gasteiger partial charge in [-0.15, -0.1) is 0 Å². The number of nitroso groups, excluding NO2 is 1. The van der Waals surface area contributed by atoms with Crippen LogP contribution in [0.3, 0.4) is 0 Å². The highest BCUT2D eigenvalue weighted by molar-refractivity contribution is 6.02. The maximum Gasteiger partial charge on any atom is 0.383 e. The van der Waals surface area contributed by atoms with Crippen molar-refractivity contribution in [1.82, 2.24) is 4.98 Å². The highest BCUT2D eigenvalue weighted by Gasteiger charge is 2.49. The SMILES string of the molecule is CC(C)C1(C)C[N+](=O)C(c2ncccc2C(=O)O)=N1. The van der Waals surface area contributed by atoms with Crippen molar-refractivity contribution in [2.45, 2.75) is 26.3 Å². The first-order valence-electron chi connectivity index (χ1n) is 6.08. The van der Waals surface area contributed by atoms with E-state index in [0.717, 1.165) is 4.76 Å². The van der Waals surface area contributed by atoms with E-state index in [2.05, 4.69) is 9.98 Å². The topological polar surface area (TPSA) is 82.6 Å². The molecule has 0 saturated carbocycles. The van der Waals surface area contributed by atoms with Crippen molar-refractivity contribution in [1.29, 1.82) is 0 Å². The lowest BCUT2D eigenvalue weighted by Gasteiger charge is -2.15. The predicted octanol–water partition coefficient (Wildman–Crippen LogP) is 1.73. The molecule has 1 N–H and O–H groups in total. The number of carboxylic acids is 1. The Kier molecular flexibility index (Phi) is 3.18. The van der Waals surface area contributed by atoms with E-state index in [9.17, 15) is 9.70 Å². The van der Waals surface area contributed by atoms with E-state index in [1.165, 1.54) is 18.3 Å². The fourth-order valence-corrected chi connectivity index (χ4v) is 1.94. The van der Waals surface area contributed by atoms with Gasteiger partial charge in [0.15, 0.2) is 17.8 Å². The maximum atomic E-state index is 12.0. The van der Waals surface area contributed by atoms with Crippen molar-refractivity contribution in [2.75, 3.05) is 6.54 Å². The molecule has 0 spiro atoms. The molecule has 0 bridgehead atoms. The zero-order chi connectivity index (χ0) is 14.2. The molecule has 0 saturated heterocycles. The Labute approximate surface area is 110 Å². The highest BCUT2D eigenvalue weighted by atomic mass is 16.4. The number of aromatic nitrogens is 1. The Morgan fingerprint density at radius 2 is 2.21 bits per heavy atom. The summed E-state index contributed by atoms with van der Waals surface area (Å²) < 4.78 is 0.731. The number of pyridine rings is 1. The van der Waals surface area contributed by atoms with Gasteiger partial charge in [-0.1, -0.05) is 23.7 Å². The molecule has 1 unspecified atom stereocenters. The van der Waals surface area contributed by atoms with Gasteiger partial charge in [-0.25, -0.2) is 9.78 Å². The van der Waals surface area contributed by atoms with E-state index in [-0.39, 0.29) is 29.6 Å². The number of aromatic carboxylic acids is 1. The minimum atomic E-state index is -1.11. The Morgan fingerprint density at radius 1 is 1.53 bits per heavy atom. The first kappa shape index (κ1) is 13.3. The lowest BCUT2D eigenvalue weighted by atomic mass is 9.90. The third-order valence-corrected chi connectivity index (χ3v) is 3.55. The maximum absolute atomic E-state index is 12.0. The van der Waals surface area contributed by atoms with Crippen LogP contribution in [0.2, 0.25) is 0 Å². The van der Waals surface area contributed by atoms with Crippen LogP contribution >= 0.6 is 0 Å². The van der Waals surface area contributed by atoms with Crippen LogP contribution in [0.4, 0.5) is 0 Å². The van der Waals surface area contributed by atoms with E-state index in [4.69, 9.17) is 5.11 Å². The first-order valence-corrected chi connectivity index (χ1v) is 6.08. The fraction of sp³-hybridized carbons (Fsp3) is 0.462. The zero-order valence-electron chi connectivity index (χ0n) is 11.1. The summed E-state index contributed by atoms with van der Waals surface area (Å²) in [5.74, 6) is -0.829. The van der Waals surface area contributed by atoms with Gasteiger partial charge in [0.1, 0.15) is 0 Å². The largest absolute Gasteiger partial charge is 0.478 e. The summed E-state index contributed by atoms with van der Waals surface area (Å²) in [4.78, 5) is 31.6. The highest BCUT2D eigenvalue weighted by Crippen LogP contribution is 2.28. The summed E-state index contributed by atoms with van der Waals surface area (Å²) in [5.41, 5.74) is -0.380. The summed E-state index contributed by atoms with van der Waals surface area (Å²) in [6.45, 7) is 6.07. The lowest BCUT2D eigenvalue weighted by Crippen LogP contribution is -2.32. The Hall–Kier alpha value is -2.11. The monoisotopic (exact) mass is 262 g/mol. The number of aliphatic imine (C=N–C) groups is 1. The predicted molar refractivity (Wildman–Crippen MR) is 69.5 cm³/mol. The van der Waals surface area contributed by atoms with Crippen molar-refractivity contribution >= 4 is 11.8 Å². The van der Waals surface area contributed by atoms with E-state index >= 15 is 0 Å². The molecule has 6 heteroatoms. The van der Waals surface area contributed by atoms with Gasteiger partial charge >= 0.3 is 11.8 Å². The number of rotatable bonds is 3. The molecular weight excluding hydrogens is 246 g/mol. The van der Waals surface area contributed by atoms with Crippen LogP contribution < -0.4 is 0 Å². The number of nitrogens with zero attached hydrogens (tertiary/aromatic N) is 3. The molecule has 0 aliphatic carbocycles. The molecule has 100 valence electrons. The summed E-state index contributed by atoms with van der Waals surface area (Å²) in [5, 5.41) is 9.14. The first-order chi connectivity index (χ1) is 8.85. The van der Waals surface area contributed by atoms with Gasteiger partial charge in [0, 0.05) is 12.1 Å². The lowest BCUT2D eigenvalue weighted by molar-refractivity contribution is -0.428. The van der Waals surface area contributed by atoms with Gasteiger partial charge < -0.3 is 5.11 Å². The number of carbonyl (C=O) groups is 1. The van der Waals surface area contributed by atoms with E-state index in [0.29, 0.717) is 0 Å². The molecule has 1 aliphatic rings. The minimum absolute atomic E-state index is 0.00453. The molecule has 1 aromatic rings. The summed E-state index contributed by atoms with van der Waals surface area (Å²) >= 11 is 0. The van der Waals surface area contributed by atoms with Crippen LogP contribution in [0, 0.1) is 10.8 Å². The molecule has 0 aromatic carbocycles. The quantitative estimate of drug-likeness (QED) is 0.841. The molecule has 2 rings (SSSR count). The van der Waals surface area contributed by atoms with Crippen LogP contribution in [0.15, 0.2) is 23.3 Å². The molecule has 1 aromatic heterocycles. The molecule has 1 atom stereocenters. The average Bonchev–Trinajstić information content (AvgIpc) is 2.66. The second kappa shape index (κ2) is 4.53. The number of hydrogen-bond acceptors (Lipinski definition) is 4. The average molecular weight is 262 g/mol. The van der Waals surface area contributed by atoms with Gasteiger partial charge in [0.25, 0.3) is 0 Å². The fourth-order valence-electron chi connectivity index (χ4n) is 1.94. The molecule has 0 fully saturated rings. The summed E-state index contributed by atoms with van der Waals surface area (Å²) in [6.07, 6.45) is 1.46.